The minimum absolute atomic E-state index is 0.646. The Morgan fingerprint density at radius 2 is 2.00 bits per heavy atom. The zero-order valence-electron chi connectivity index (χ0n) is 5.75. The fourth-order valence-electron chi connectivity index (χ4n) is 0.447. The first kappa shape index (κ1) is 10.1. The first-order chi connectivity index (χ1) is 4.89. The monoisotopic (exact) mass is 177 g/mol. The van der Waals surface area contributed by atoms with E-state index in [1.807, 2.05) is 0 Å². The van der Waals surface area contributed by atoms with Gasteiger partial charge in [0.2, 0.25) is 10.0 Å². The van der Waals surface area contributed by atoms with Crippen LogP contribution in [-0.4, -0.2) is 8.42 Å². The van der Waals surface area contributed by atoms with Gasteiger partial charge in [-0.1, -0.05) is 19.2 Å². The van der Waals surface area contributed by atoms with Gasteiger partial charge in [-0.2, -0.15) is 0 Å². The van der Waals surface area contributed by atoms with Gasteiger partial charge in [0.15, 0.2) is 0 Å². The molecule has 0 heterocycles. The van der Waals surface area contributed by atoms with Gasteiger partial charge >= 0.3 is 0 Å². The van der Waals surface area contributed by atoms with Gasteiger partial charge in [-0.05, 0) is 6.08 Å². The van der Waals surface area contributed by atoms with Gasteiger partial charge in [-0.25, -0.2) is 17.9 Å². The van der Waals surface area contributed by atoms with E-state index in [1.54, 1.807) is 0 Å². The highest BCUT2D eigenvalue weighted by atomic mass is 32.2. The Balaban J connectivity index is 5.11. The third kappa shape index (κ3) is 3.10. The molecule has 0 atom stereocenters. The van der Waals surface area contributed by atoms with Crippen molar-refractivity contribution in [1.29, 1.82) is 0 Å². The molecule has 11 heavy (non-hydrogen) atoms. The van der Waals surface area contributed by atoms with Crippen molar-refractivity contribution in [3.63, 3.8) is 0 Å². The quantitative estimate of drug-likeness (QED) is 0.649. The van der Waals surface area contributed by atoms with E-state index in [-0.39, 0.29) is 0 Å². The van der Waals surface area contributed by atoms with Crippen LogP contribution in [0.25, 0.3) is 0 Å². The van der Waals surface area contributed by atoms with Crippen molar-refractivity contribution in [2.45, 2.75) is 0 Å². The highest BCUT2D eigenvalue weighted by Gasteiger charge is 2.13. The molecule has 0 unspecified atom stereocenters. The second-order valence-corrected chi connectivity index (χ2v) is 3.25. The number of hydrogen-bond donors (Lipinski definition) is 1. The molecule has 0 amide bonds. The Kier molecular flexibility index (Phi) is 3.16. The SMILES string of the molecule is C=C/C=C(\C(=C)F)S(N)(=O)=O. The van der Waals surface area contributed by atoms with E-state index < -0.39 is 20.8 Å². The predicted octanol–water partition coefficient (Wildman–Crippen LogP) is 0.828. The fraction of sp³-hybridized carbons (Fsp3) is 0. The molecule has 62 valence electrons. The maximum atomic E-state index is 12.3. The molecule has 0 aromatic heterocycles. The summed E-state index contributed by atoms with van der Waals surface area (Å²) in [6.45, 7) is 5.99. The van der Waals surface area contributed by atoms with Crippen molar-refractivity contribution < 1.29 is 12.8 Å². The zero-order chi connectivity index (χ0) is 9.07. The first-order valence-corrected chi connectivity index (χ1v) is 4.14. The maximum absolute atomic E-state index is 12.3. The Morgan fingerprint density at radius 1 is 1.55 bits per heavy atom. The van der Waals surface area contributed by atoms with E-state index in [4.69, 9.17) is 0 Å². The number of allylic oxidation sites excluding steroid dienone is 3. The summed E-state index contributed by atoms with van der Waals surface area (Å²) in [5.41, 5.74) is 0. The minimum atomic E-state index is -4.01. The van der Waals surface area contributed by atoms with E-state index in [1.165, 1.54) is 0 Å². The molecule has 0 rings (SSSR count). The largest absolute Gasteiger partial charge is 0.240 e. The third-order valence-corrected chi connectivity index (χ3v) is 1.81. The second-order valence-electron chi connectivity index (χ2n) is 1.72. The van der Waals surface area contributed by atoms with Crippen LogP contribution in [0.15, 0.2) is 36.0 Å². The molecule has 0 aromatic carbocycles. The van der Waals surface area contributed by atoms with Gasteiger partial charge in [0.25, 0.3) is 0 Å². The van der Waals surface area contributed by atoms with Gasteiger partial charge in [-0.15, -0.1) is 0 Å². The number of hydrogen-bond acceptors (Lipinski definition) is 2. The highest BCUT2D eigenvalue weighted by Crippen LogP contribution is 2.13. The summed E-state index contributed by atoms with van der Waals surface area (Å²) in [6, 6.07) is 0. The zero-order valence-corrected chi connectivity index (χ0v) is 6.57. The molecule has 0 saturated heterocycles. The van der Waals surface area contributed by atoms with Gasteiger partial charge in [-0.3, -0.25) is 0 Å². The smallest absolute Gasteiger partial charge is 0.225 e. The predicted molar refractivity (Wildman–Crippen MR) is 41.6 cm³/mol. The van der Waals surface area contributed by atoms with Crippen molar-refractivity contribution in [3.05, 3.63) is 36.0 Å². The molecule has 0 aliphatic carbocycles. The molecule has 0 bridgehead atoms. The number of halogens is 1. The number of primary sulfonamides is 1. The molecule has 0 spiro atoms. The lowest BCUT2D eigenvalue weighted by Gasteiger charge is -1.97. The Morgan fingerprint density at radius 3 is 2.09 bits per heavy atom. The minimum Gasteiger partial charge on any atom is -0.225 e. The summed E-state index contributed by atoms with van der Waals surface area (Å²) in [7, 11) is -4.01. The van der Waals surface area contributed by atoms with Gasteiger partial charge < -0.3 is 0 Å². The van der Waals surface area contributed by atoms with Crippen LogP contribution < -0.4 is 5.14 Å². The molecule has 0 aromatic rings. The van der Waals surface area contributed by atoms with Crippen molar-refractivity contribution >= 4 is 10.0 Å². The second kappa shape index (κ2) is 3.45. The highest BCUT2D eigenvalue weighted by molar-refractivity contribution is 7.93. The molecule has 0 radical (unpaired) electrons. The standard InChI is InChI=1S/C6H8FNO2S/c1-3-4-6(5(2)7)11(8,9)10/h3-4H,1-2H2,(H2,8,9,10)/b6-4+. The van der Waals surface area contributed by atoms with Crippen LogP contribution in [0.4, 0.5) is 4.39 Å². The summed E-state index contributed by atoms with van der Waals surface area (Å²) < 4.78 is 33.3. The number of sulfonamides is 1. The normalized spacial score (nSPS) is 12.7. The molecular formula is C6H8FNO2S. The first-order valence-electron chi connectivity index (χ1n) is 2.60. The van der Waals surface area contributed by atoms with Crippen molar-refractivity contribution in [2.24, 2.45) is 5.14 Å². The van der Waals surface area contributed by atoms with Crippen molar-refractivity contribution in [2.75, 3.05) is 0 Å². The average molecular weight is 177 g/mol. The lowest BCUT2D eigenvalue weighted by Crippen LogP contribution is -2.14. The van der Waals surface area contributed by atoms with Gasteiger partial charge in [0, 0.05) is 0 Å². The molecule has 5 heteroatoms. The topological polar surface area (TPSA) is 60.2 Å². The van der Waals surface area contributed by atoms with E-state index in [9.17, 15) is 12.8 Å². The number of nitrogens with two attached hydrogens (primary N) is 1. The Bertz CT molecular complexity index is 303. The van der Waals surface area contributed by atoms with Crippen molar-refractivity contribution in [1.82, 2.24) is 0 Å². The van der Waals surface area contributed by atoms with Gasteiger partial charge in [0.05, 0.1) is 0 Å². The summed E-state index contributed by atoms with van der Waals surface area (Å²) >= 11 is 0. The van der Waals surface area contributed by atoms with Crippen molar-refractivity contribution in [3.8, 4) is 0 Å². The van der Waals surface area contributed by atoms with Crippen LogP contribution in [0.3, 0.4) is 0 Å². The van der Waals surface area contributed by atoms with Crippen LogP contribution in [0.5, 0.6) is 0 Å². The lowest BCUT2D eigenvalue weighted by molar-refractivity contribution is 0.597. The van der Waals surface area contributed by atoms with Crippen LogP contribution >= 0.6 is 0 Å². The van der Waals surface area contributed by atoms with Gasteiger partial charge in [0.1, 0.15) is 10.7 Å². The van der Waals surface area contributed by atoms with E-state index in [0.29, 0.717) is 0 Å². The molecule has 0 fully saturated rings. The average Bonchev–Trinajstić information content (AvgIpc) is 1.79. The van der Waals surface area contributed by atoms with Crippen LogP contribution in [-0.2, 0) is 10.0 Å². The Labute approximate surface area is 64.8 Å². The number of rotatable bonds is 3. The van der Waals surface area contributed by atoms with Crippen LogP contribution in [0.2, 0.25) is 0 Å². The molecule has 2 N–H and O–H groups in total. The van der Waals surface area contributed by atoms with E-state index >= 15 is 0 Å². The Hall–Kier alpha value is -0.940. The molecule has 3 nitrogen and oxygen atoms in total. The fourth-order valence-corrected chi connectivity index (χ4v) is 1.04. The molecular weight excluding hydrogens is 169 g/mol. The third-order valence-electron chi connectivity index (χ3n) is 0.843. The van der Waals surface area contributed by atoms with Crippen LogP contribution in [0.1, 0.15) is 0 Å². The van der Waals surface area contributed by atoms with Crippen LogP contribution in [0, 0.1) is 0 Å². The molecule has 0 aliphatic rings. The summed E-state index contributed by atoms with van der Waals surface area (Å²) in [6.07, 6.45) is 2.06. The lowest BCUT2D eigenvalue weighted by atomic mass is 10.4. The molecule has 0 aliphatic heterocycles. The summed E-state index contributed by atoms with van der Waals surface area (Å²) in [4.78, 5) is -0.646. The van der Waals surface area contributed by atoms with E-state index in [2.05, 4.69) is 18.3 Å². The van der Waals surface area contributed by atoms with E-state index in [0.717, 1.165) is 12.2 Å². The summed E-state index contributed by atoms with van der Waals surface area (Å²) in [5, 5.41) is 4.62. The maximum Gasteiger partial charge on any atom is 0.240 e. The molecule has 0 saturated carbocycles. The summed E-state index contributed by atoms with van der Waals surface area (Å²) in [5.74, 6) is -1.09.